The molecule has 100 valence electrons. The first-order chi connectivity index (χ1) is 8.66. The van der Waals surface area contributed by atoms with E-state index in [-0.39, 0.29) is 5.97 Å². The van der Waals surface area contributed by atoms with E-state index in [1.165, 1.54) is 0 Å². The summed E-state index contributed by atoms with van der Waals surface area (Å²) >= 11 is 0. The van der Waals surface area contributed by atoms with Crippen LogP contribution in [0.5, 0.6) is 0 Å². The molecule has 0 heterocycles. The standard InChI is InChI=1S/C16H24O2/c1-5-9-12-16(13-10-6-2,14-11-7-3)15(17)18-8-4/h5-6,9-10H,8,12-14H2,1-4H3/b9-5+,10-6+. The van der Waals surface area contributed by atoms with Gasteiger partial charge in [-0.3, -0.25) is 4.79 Å². The van der Waals surface area contributed by atoms with Crippen LogP contribution in [0.25, 0.3) is 0 Å². The van der Waals surface area contributed by atoms with Crippen molar-refractivity contribution in [2.45, 2.75) is 47.0 Å². The van der Waals surface area contributed by atoms with Crippen LogP contribution in [-0.4, -0.2) is 12.6 Å². The average Bonchev–Trinajstić information content (AvgIpc) is 2.38. The number of ether oxygens (including phenoxy) is 1. The van der Waals surface area contributed by atoms with Gasteiger partial charge in [0.25, 0.3) is 0 Å². The van der Waals surface area contributed by atoms with Crippen molar-refractivity contribution < 1.29 is 9.53 Å². The van der Waals surface area contributed by atoms with Crippen LogP contribution in [0.15, 0.2) is 24.3 Å². The fourth-order valence-corrected chi connectivity index (χ4v) is 1.70. The van der Waals surface area contributed by atoms with Crippen LogP contribution in [0.3, 0.4) is 0 Å². The molecule has 0 spiro atoms. The summed E-state index contributed by atoms with van der Waals surface area (Å²) in [5, 5.41) is 0. The predicted octanol–water partition coefficient (Wildman–Crippen LogP) is 3.88. The average molecular weight is 248 g/mol. The zero-order valence-corrected chi connectivity index (χ0v) is 12.0. The van der Waals surface area contributed by atoms with Crippen LogP contribution < -0.4 is 0 Å². The normalized spacial score (nSPS) is 11.6. The summed E-state index contributed by atoms with van der Waals surface area (Å²) in [5.41, 5.74) is -0.544. The van der Waals surface area contributed by atoms with Crippen LogP contribution in [-0.2, 0) is 9.53 Å². The summed E-state index contributed by atoms with van der Waals surface area (Å²) < 4.78 is 5.22. The van der Waals surface area contributed by atoms with Gasteiger partial charge in [-0.05, 0) is 40.5 Å². The largest absolute Gasteiger partial charge is 0.466 e. The highest BCUT2D eigenvalue weighted by Gasteiger charge is 2.37. The minimum Gasteiger partial charge on any atom is -0.466 e. The summed E-state index contributed by atoms with van der Waals surface area (Å²) in [6.45, 7) is 7.95. The Bertz CT molecular complexity index is 339. The van der Waals surface area contributed by atoms with Gasteiger partial charge in [0, 0.05) is 6.42 Å². The van der Waals surface area contributed by atoms with E-state index in [4.69, 9.17) is 4.74 Å². The van der Waals surface area contributed by atoms with Crippen LogP contribution in [0.4, 0.5) is 0 Å². The van der Waals surface area contributed by atoms with Crippen molar-refractivity contribution in [3.8, 4) is 11.8 Å². The molecule has 2 nitrogen and oxygen atoms in total. The molecule has 0 aliphatic heterocycles. The van der Waals surface area contributed by atoms with Crippen LogP contribution in [0, 0.1) is 17.3 Å². The molecule has 0 saturated carbocycles. The van der Waals surface area contributed by atoms with E-state index in [0.29, 0.717) is 25.9 Å². The van der Waals surface area contributed by atoms with Crippen molar-refractivity contribution >= 4 is 5.97 Å². The monoisotopic (exact) mass is 248 g/mol. The Morgan fingerprint density at radius 1 is 1.22 bits per heavy atom. The number of allylic oxidation sites excluding steroid dienone is 4. The SMILES string of the molecule is CC#CCC(C/C=C/C)(C/C=C/C)C(=O)OCC. The molecule has 18 heavy (non-hydrogen) atoms. The Morgan fingerprint density at radius 3 is 2.17 bits per heavy atom. The van der Waals surface area contributed by atoms with E-state index >= 15 is 0 Å². The molecule has 0 amide bonds. The first-order valence-electron chi connectivity index (χ1n) is 6.46. The second kappa shape index (κ2) is 9.53. The lowest BCUT2D eigenvalue weighted by Gasteiger charge is -2.27. The summed E-state index contributed by atoms with van der Waals surface area (Å²) in [7, 11) is 0. The molecular formula is C16H24O2. The molecule has 0 atom stereocenters. The number of hydrogen-bond donors (Lipinski definition) is 0. The highest BCUT2D eigenvalue weighted by atomic mass is 16.5. The topological polar surface area (TPSA) is 26.3 Å². The fraction of sp³-hybridized carbons (Fsp3) is 0.562. The molecule has 0 aliphatic rings. The Morgan fingerprint density at radius 2 is 1.78 bits per heavy atom. The van der Waals surface area contributed by atoms with Gasteiger partial charge in [0.2, 0.25) is 0 Å². The molecule has 0 aromatic heterocycles. The van der Waals surface area contributed by atoms with Gasteiger partial charge in [0.1, 0.15) is 0 Å². The minimum absolute atomic E-state index is 0.149. The van der Waals surface area contributed by atoms with Crippen molar-refractivity contribution in [2.24, 2.45) is 5.41 Å². The second-order valence-corrected chi connectivity index (χ2v) is 4.15. The highest BCUT2D eigenvalue weighted by molar-refractivity contribution is 5.77. The van der Waals surface area contributed by atoms with Gasteiger partial charge in [0.05, 0.1) is 12.0 Å². The molecule has 0 unspecified atom stereocenters. The number of rotatable bonds is 7. The maximum atomic E-state index is 12.2. The molecule has 0 aliphatic carbocycles. The maximum Gasteiger partial charge on any atom is 0.313 e. The lowest BCUT2D eigenvalue weighted by Crippen LogP contribution is -2.32. The van der Waals surface area contributed by atoms with E-state index < -0.39 is 5.41 Å². The number of carbonyl (C=O) groups excluding carboxylic acids is 1. The predicted molar refractivity (Wildman–Crippen MR) is 76.0 cm³/mol. The van der Waals surface area contributed by atoms with Gasteiger partial charge in [-0.25, -0.2) is 0 Å². The van der Waals surface area contributed by atoms with Gasteiger partial charge in [-0.15, -0.1) is 11.8 Å². The van der Waals surface area contributed by atoms with Crippen molar-refractivity contribution in [1.82, 2.24) is 0 Å². The number of hydrogen-bond acceptors (Lipinski definition) is 2. The summed E-state index contributed by atoms with van der Waals surface area (Å²) in [5.74, 6) is 5.75. The van der Waals surface area contributed by atoms with Gasteiger partial charge in [0.15, 0.2) is 0 Å². The zero-order valence-electron chi connectivity index (χ0n) is 12.0. The van der Waals surface area contributed by atoms with Gasteiger partial charge in [-0.1, -0.05) is 24.3 Å². The molecule has 0 N–H and O–H groups in total. The smallest absolute Gasteiger partial charge is 0.313 e. The molecule has 0 fully saturated rings. The molecule has 2 heteroatoms. The lowest BCUT2D eigenvalue weighted by molar-refractivity contribution is -0.154. The van der Waals surface area contributed by atoms with E-state index in [2.05, 4.69) is 11.8 Å². The fourth-order valence-electron chi connectivity index (χ4n) is 1.70. The molecule has 0 saturated heterocycles. The Hall–Kier alpha value is -1.49. The highest BCUT2D eigenvalue weighted by Crippen LogP contribution is 2.33. The van der Waals surface area contributed by atoms with E-state index in [1.807, 2.05) is 45.1 Å². The first-order valence-corrected chi connectivity index (χ1v) is 6.46. The van der Waals surface area contributed by atoms with Crippen molar-refractivity contribution in [2.75, 3.05) is 6.61 Å². The van der Waals surface area contributed by atoms with Crippen molar-refractivity contribution in [3.05, 3.63) is 24.3 Å². The first kappa shape index (κ1) is 16.5. The van der Waals surface area contributed by atoms with Gasteiger partial charge in [-0.2, -0.15) is 0 Å². The maximum absolute atomic E-state index is 12.2. The Labute approximate surface area is 111 Å². The zero-order chi connectivity index (χ0) is 13.9. The van der Waals surface area contributed by atoms with Crippen molar-refractivity contribution in [3.63, 3.8) is 0 Å². The lowest BCUT2D eigenvalue weighted by atomic mass is 9.78. The van der Waals surface area contributed by atoms with E-state index in [9.17, 15) is 4.79 Å². The summed E-state index contributed by atoms with van der Waals surface area (Å²) in [6, 6.07) is 0. The van der Waals surface area contributed by atoms with Gasteiger partial charge < -0.3 is 4.74 Å². The number of esters is 1. The molecule has 0 radical (unpaired) electrons. The molecule has 0 aromatic carbocycles. The summed E-state index contributed by atoms with van der Waals surface area (Å²) in [4.78, 5) is 12.2. The number of carbonyl (C=O) groups is 1. The summed E-state index contributed by atoms with van der Waals surface area (Å²) in [6.07, 6.45) is 9.82. The van der Waals surface area contributed by atoms with Crippen LogP contribution in [0.2, 0.25) is 0 Å². The molecule has 0 bridgehead atoms. The third-order valence-corrected chi connectivity index (χ3v) is 2.80. The minimum atomic E-state index is -0.544. The van der Waals surface area contributed by atoms with Gasteiger partial charge >= 0.3 is 5.97 Å². The van der Waals surface area contributed by atoms with E-state index in [0.717, 1.165) is 0 Å². The van der Waals surface area contributed by atoms with Crippen LogP contribution >= 0.6 is 0 Å². The third kappa shape index (κ3) is 5.23. The Balaban J connectivity index is 5.18. The van der Waals surface area contributed by atoms with Crippen molar-refractivity contribution in [1.29, 1.82) is 0 Å². The van der Waals surface area contributed by atoms with Crippen LogP contribution in [0.1, 0.15) is 47.0 Å². The van der Waals surface area contributed by atoms with E-state index in [1.54, 1.807) is 6.92 Å². The molecular weight excluding hydrogens is 224 g/mol. The second-order valence-electron chi connectivity index (χ2n) is 4.15. The molecule has 0 rings (SSSR count). The Kier molecular flexibility index (Phi) is 8.74. The quantitative estimate of drug-likeness (QED) is 0.388. The molecule has 0 aromatic rings. The third-order valence-electron chi connectivity index (χ3n) is 2.80.